The number of benzene rings is 2. The molecule has 5 rings (SSSR count). The number of carbonyl (C=O) groups is 2. The number of nitrogens with zero attached hydrogens (tertiary/aromatic N) is 3. The molecule has 3 heterocycles. The number of carbonyl (C=O) groups excluding carboxylic acids is 2. The molecule has 2 aromatic rings. The summed E-state index contributed by atoms with van der Waals surface area (Å²) in [7, 11) is 1.63. The number of methoxy groups -OCH3 is 1. The van der Waals surface area contributed by atoms with E-state index >= 15 is 0 Å². The van der Waals surface area contributed by atoms with E-state index in [-0.39, 0.29) is 17.9 Å². The number of hydrazine groups is 1. The molecule has 0 N–H and O–H groups in total. The van der Waals surface area contributed by atoms with Crippen molar-refractivity contribution in [2.45, 2.75) is 25.4 Å². The number of imide groups is 1. The number of anilines is 1. The second-order valence-electron chi connectivity index (χ2n) is 7.81. The predicted octanol–water partition coefficient (Wildman–Crippen LogP) is 3.19. The molecule has 3 aliphatic rings. The van der Waals surface area contributed by atoms with Crippen molar-refractivity contribution in [1.29, 1.82) is 0 Å². The van der Waals surface area contributed by atoms with Gasteiger partial charge in [-0.25, -0.2) is 14.9 Å². The van der Waals surface area contributed by atoms with Gasteiger partial charge in [0.15, 0.2) is 0 Å². The van der Waals surface area contributed by atoms with Crippen LogP contribution in [0.2, 0.25) is 5.02 Å². The van der Waals surface area contributed by atoms with Crippen molar-refractivity contribution < 1.29 is 14.3 Å². The highest BCUT2D eigenvalue weighted by atomic mass is 35.5. The van der Waals surface area contributed by atoms with Gasteiger partial charge in [-0.3, -0.25) is 9.59 Å². The fourth-order valence-electron chi connectivity index (χ4n) is 4.89. The molecule has 0 aromatic heterocycles. The molecule has 3 saturated heterocycles. The third kappa shape index (κ3) is 2.70. The third-order valence-corrected chi connectivity index (χ3v) is 6.68. The van der Waals surface area contributed by atoms with E-state index in [2.05, 4.69) is 10.0 Å². The van der Waals surface area contributed by atoms with E-state index in [0.29, 0.717) is 10.7 Å². The first-order valence-electron chi connectivity index (χ1n) is 9.82. The summed E-state index contributed by atoms with van der Waals surface area (Å²) in [5.41, 5.74) is 2.48. The van der Waals surface area contributed by atoms with Crippen LogP contribution < -0.4 is 9.64 Å². The lowest BCUT2D eigenvalue weighted by Crippen LogP contribution is -2.44. The van der Waals surface area contributed by atoms with Gasteiger partial charge >= 0.3 is 0 Å². The predicted molar refractivity (Wildman–Crippen MR) is 110 cm³/mol. The molecule has 3 atom stereocenters. The van der Waals surface area contributed by atoms with Crippen LogP contribution in [0.25, 0.3) is 0 Å². The zero-order valence-electron chi connectivity index (χ0n) is 16.3. The topological polar surface area (TPSA) is 53.1 Å². The summed E-state index contributed by atoms with van der Waals surface area (Å²) in [5, 5.41) is 4.84. The molecule has 0 saturated carbocycles. The molecule has 0 spiro atoms. The minimum atomic E-state index is -0.461. The van der Waals surface area contributed by atoms with Crippen LogP contribution in [-0.4, -0.2) is 48.1 Å². The van der Waals surface area contributed by atoms with Gasteiger partial charge in [0.05, 0.1) is 24.8 Å². The molecule has 3 fully saturated rings. The lowest BCUT2D eigenvalue weighted by molar-refractivity contribution is -0.126. The van der Waals surface area contributed by atoms with Crippen molar-refractivity contribution in [3.05, 3.63) is 58.6 Å². The highest BCUT2D eigenvalue weighted by Crippen LogP contribution is 2.49. The van der Waals surface area contributed by atoms with Gasteiger partial charge in [0.1, 0.15) is 11.8 Å². The number of ether oxygens (including phenoxy) is 1. The normalized spacial score (nSPS) is 26.9. The highest BCUT2D eigenvalue weighted by Gasteiger charge is 2.62. The van der Waals surface area contributed by atoms with Crippen molar-refractivity contribution in [3.8, 4) is 5.75 Å². The highest BCUT2D eigenvalue weighted by molar-refractivity contribution is 6.32. The van der Waals surface area contributed by atoms with Crippen molar-refractivity contribution >= 4 is 29.1 Å². The Bertz CT molecular complexity index is 993. The fourth-order valence-corrected chi connectivity index (χ4v) is 5.06. The lowest BCUT2D eigenvalue weighted by atomic mass is 9.90. The molecular weight excluding hydrogens is 390 g/mol. The second kappa shape index (κ2) is 6.83. The zero-order valence-corrected chi connectivity index (χ0v) is 17.1. The van der Waals surface area contributed by atoms with Gasteiger partial charge in [0.25, 0.3) is 5.91 Å². The molecule has 7 heteroatoms. The summed E-state index contributed by atoms with van der Waals surface area (Å²) >= 11 is 6.27. The van der Waals surface area contributed by atoms with Gasteiger partial charge in [0.2, 0.25) is 5.91 Å². The minimum Gasteiger partial charge on any atom is -0.497 e. The van der Waals surface area contributed by atoms with E-state index in [1.54, 1.807) is 19.2 Å². The van der Waals surface area contributed by atoms with Gasteiger partial charge in [-0.2, -0.15) is 0 Å². The maximum atomic E-state index is 13.5. The SMILES string of the molecule is COc1ccc([C@@H]2[C@H]3C(=O)N(c4ccc(C)c(Cl)c4)C(=O)[C@@H]3N3CCCN23)cc1. The van der Waals surface area contributed by atoms with Crippen LogP contribution in [0, 0.1) is 12.8 Å². The van der Waals surface area contributed by atoms with Gasteiger partial charge in [-0.1, -0.05) is 29.8 Å². The van der Waals surface area contributed by atoms with Crippen LogP contribution >= 0.6 is 11.6 Å². The molecule has 29 heavy (non-hydrogen) atoms. The molecule has 0 radical (unpaired) electrons. The van der Waals surface area contributed by atoms with Crippen molar-refractivity contribution in [2.24, 2.45) is 5.92 Å². The number of fused-ring (bicyclic) bond motifs is 3. The molecule has 0 aliphatic carbocycles. The Morgan fingerprint density at radius 1 is 0.966 bits per heavy atom. The molecular formula is C22H22ClN3O3. The Balaban J connectivity index is 1.56. The second-order valence-corrected chi connectivity index (χ2v) is 8.22. The summed E-state index contributed by atoms with van der Waals surface area (Å²) in [6.07, 6.45) is 0.980. The van der Waals surface area contributed by atoms with Crippen LogP contribution in [0.3, 0.4) is 0 Å². The number of aryl methyl sites for hydroxylation is 1. The summed E-state index contributed by atoms with van der Waals surface area (Å²) in [6.45, 7) is 3.53. The first kappa shape index (κ1) is 18.6. The fraction of sp³-hybridized carbons (Fsp3) is 0.364. The van der Waals surface area contributed by atoms with E-state index in [0.717, 1.165) is 36.4 Å². The van der Waals surface area contributed by atoms with Crippen LogP contribution in [0.15, 0.2) is 42.5 Å². The average molecular weight is 412 g/mol. The Hall–Kier alpha value is -2.41. The Morgan fingerprint density at radius 3 is 2.31 bits per heavy atom. The van der Waals surface area contributed by atoms with E-state index in [9.17, 15) is 9.59 Å². The first-order chi connectivity index (χ1) is 14.0. The van der Waals surface area contributed by atoms with Gasteiger partial charge in [0, 0.05) is 18.1 Å². The van der Waals surface area contributed by atoms with Gasteiger partial charge in [-0.05, 0) is 48.7 Å². The quantitative estimate of drug-likeness (QED) is 0.726. The standard InChI is InChI=1S/C22H22ClN3O3/c1-13-4-7-15(12-17(13)23)26-21(27)18-19(14-5-8-16(29-2)9-6-14)24-10-3-11-25(24)20(18)22(26)28/h4-9,12,18-20H,3,10-11H2,1-2H3/t18-,19-,20-/m1/s1. The number of hydrogen-bond donors (Lipinski definition) is 0. The summed E-state index contributed by atoms with van der Waals surface area (Å²) < 4.78 is 5.27. The van der Waals surface area contributed by atoms with E-state index in [4.69, 9.17) is 16.3 Å². The Labute approximate surface area is 174 Å². The van der Waals surface area contributed by atoms with Crippen LogP contribution in [0.4, 0.5) is 5.69 Å². The number of halogens is 1. The summed E-state index contributed by atoms with van der Waals surface area (Å²) in [5.74, 6) is 0.0144. The van der Waals surface area contributed by atoms with Gasteiger partial charge < -0.3 is 4.74 Å². The zero-order chi connectivity index (χ0) is 20.3. The summed E-state index contributed by atoms with van der Waals surface area (Å²) in [6, 6.07) is 12.5. The molecule has 3 aliphatic heterocycles. The van der Waals surface area contributed by atoms with Crippen LogP contribution in [-0.2, 0) is 9.59 Å². The number of hydrogen-bond acceptors (Lipinski definition) is 5. The summed E-state index contributed by atoms with van der Waals surface area (Å²) in [4.78, 5) is 28.2. The Morgan fingerprint density at radius 2 is 1.66 bits per heavy atom. The first-order valence-corrected chi connectivity index (χ1v) is 10.2. The minimum absolute atomic E-state index is 0.157. The van der Waals surface area contributed by atoms with E-state index in [1.807, 2.05) is 37.3 Å². The number of amides is 2. The van der Waals surface area contributed by atoms with E-state index in [1.165, 1.54) is 4.90 Å². The largest absolute Gasteiger partial charge is 0.497 e. The Kier molecular flexibility index (Phi) is 4.38. The van der Waals surface area contributed by atoms with E-state index < -0.39 is 12.0 Å². The molecule has 0 bridgehead atoms. The number of rotatable bonds is 3. The molecule has 2 aromatic carbocycles. The molecule has 150 valence electrons. The lowest BCUT2D eigenvalue weighted by Gasteiger charge is -2.30. The van der Waals surface area contributed by atoms with Crippen molar-refractivity contribution in [2.75, 3.05) is 25.1 Å². The third-order valence-electron chi connectivity index (χ3n) is 6.28. The average Bonchev–Trinajstić information content (AvgIpc) is 3.37. The molecule has 0 unspecified atom stereocenters. The monoisotopic (exact) mass is 411 g/mol. The van der Waals surface area contributed by atoms with Crippen molar-refractivity contribution in [1.82, 2.24) is 10.0 Å². The van der Waals surface area contributed by atoms with Gasteiger partial charge in [-0.15, -0.1) is 0 Å². The molecule has 2 amide bonds. The molecule has 6 nitrogen and oxygen atoms in total. The van der Waals surface area contributed by atoms with Crippen LogP contribution in [0.1, 0.15) is 23.6 Å². The smallest absolute Gasteiger partial charge is 0.253 e. The maximum Gasteiger partial charge on any atom is 0.253 e. The maximum absolute atomic E-state index is 13.5. The van der Waals surface area contributed by atoms with Crippen LogP contribution in [0.5, 0.6) is 5.75 Å². The van der Waals surface area contributed by atoms with Crippen molar-refractivity contribution in [3.63, 3.8) is 0 Å².